The highest BCUT2D eigenvalue weighted by Crippen LogP contribution is 2.27. The topological polar surface area (TPSA) is 50.9 Å². The molecule has 0 radical (unpaired) electrons. The van der Waals surface area contributed by atoms with Crippen molar-refractivity contribution < 1.29 is 0 Å². The Hall–Kier alpha value is -2.44. The minimum atomic E-state index is 0.656. The summed E-state index contributed by atoms with van der Waals surface area (Å²) in [4.78, 5) is 7.24. The Kier molecular flexibility index (Phi) is 5.45. The van der Waals surface area contributed by atoms with Crippen LogP contribution in [0.1, 0.15) is 36.4 Å². The van der Waals surface area contributed by atoms with E-state index in [4.69, 9.17) is 5.10 Å². The van der Waals surface area contributed by atoms with Gasteiger partial charge in [0.1, 0.15) is 5.69 Å². The molecule has 2 aliphatic heterocycles. The summed E-state index contributed by atoms with van der Waals surface area (Å²) in [6, 6.07) is 13.2. The molecule has 2 aromatic heterocycles. The first-order valence-corrected chi connectivity index (χ1v) is 10.9. The number of hydrogen-bond donors (Lipinski definition) is 1. The van der Waals surface area contributed by atoms with E-state index in [1.54, 1.807) is 0 Å². The van der Waals surface area contributed by atoms with Gasteiger partial charge in [0.15, 0.2) is 5.82 Å². The molecule has 0 saturated carbocycles. The first kappa shape index (κ1) is 18.6. The Morgan fingerprint density at radius 2 is 2.00 bits per heavy atom. The average molecular weight is 391 g/mol. The van der Waals surface area contributed by atoms with Crippen LogP contribution in [0, 0.1) is 0 Å². The summed E-state index contributed by atoms with van der Waals surface area (Å²) in [6.07, 6.45) is 7.69. The van der Waals surface area contributed by atoms with Gasteiger partial charge in [-0.05, 0) is 49.9 Å². The molecule has 0 bridgehead atoms. The lowest BCUT2D eigenvalue weighted by atomic mass is 9.91. The van der Waals surface area contributed by atoms with Crippen LogP contribution in [0.5, 0.6) is 0 Å². The Labute approximate surface area is 172 Å². The second-order valence-corrected chi connectivity index (χ2v) is 8.27. The van der Waals surface area contributed by atoms with Gasteiger partial charge in [-0.1, -0.05) is 30.3 Å². The van der Waals surface area contributed by atoms with Crippen LogP contribution in [0.3, 0.4) is 0 Å². The van der Waals surface area contributed by atoms with Crippen molar-refractivity contribution in [1.82, 2.24) is 29.5 Å². The number of fused-ring (bicyclic) bond motifs is 1. The average Bonchev–Trinajstić information content (AvgIpc) is 3.34. The van der Waals surface area contributed by atoms with Gasteiger partial charge < -0.3 is 14.8 Å². The Bertz CT molecular complexity index is 905. The first-order valence-electron chi connectivity index (χ1n) is 10.9. The molecule has 3 aromatic rings. The number of aromatic nitrogens is 4. The van der Waals surface area contributed by atoms with Gasteiger partial charge in [-0.3, -0.25) is 4.68 Å². The van der Waals surface area contributed by atoms with Crippen LogP contribution in [-0.4, -0.2) is 50.4 Å². The zero-order valence-electron chi connectivity index (χ0n) is 17.0. The maximum absolute atomic E-state index is 4.84. The lowest BCUT2D eigenvalue weighted by molar-refractivity contribution is 0.201. The van der Waals surface area contributed by atoms with Gasteiger partial charge in [0.2, 0.25) is 0 Å². The van der Waals surface area contributed by atoms with Crippen molar-refractivity contribution in [2.24, 2.45) is 0 Å². The zero-order chi connectivity index (χ0) is 19.5. The highest BCUT2D eigenvalue weighted by atomic mass is 15.3. The molecule has 152 valence electrons. The van der Waals surface area contributed by atoms with Gasteiger partial charge in [-0.15, -0.1) is 0 Å². The molecule has 0 unspecified atom stereocenters. The number of rotatable bonds is 5. The molecule has 6 nitrogen and oxygen atoms in total. The van der Waals surface area contributed by atoms with E-state index in [2.05, 4.69) is 67.0 Å². The number of hydrogen-bond acceptors (Lipinski definition) is 4. The lowest BCUT2D eigenvalue weighted by Gasteiger charge is -2.33. The van der Waals surface area contributed by atoms with Crippen molar-refractivity contribution in [3.05, 3.63) is 60.0 Å². The van der Waals surface area contributed by atoms with Gasteiger partial charge in [0.25, 0.3) is 0 Å². The van der Waals surface area contributed by atoms with Gasteiger partial charge in [-0.25, -0.2) is 4.98 Å². The number of imidazole rings is 1. The highest BCUT2D eigenvalue weighted by molar-refractivity contribution is 5.50. The van der Waals surface area contributed by atoms with Crippen LogP contribution in [0.15, 0.2) is 48.8 Å². The van der Waals surface area contributed by atoms with Crippen LogP contribution < -0.4 is 5.32 Å². The normalized spacial score (nSPS) is 20.3. The molecule has 6 heteroatoms. The second-order valence-electron chi connectivity index (χ2n) is 8.27. The summed E-state index contributed by atoms with van der Waals surface area (Å²) in [5.74, 6) is 1.64. The summed E-state index contributed by atoms with van der Waals surface area (Å²) in [5, 5.41) is 8.31. The molecule has 29 heavy (non-hydrogen) atoms. The monoisotopic (exact) mass is 390 g/mol. The molecular weight excluding hydrogens is 360 g/mol. The maximum Gasteiger partial charge on any atom is 0.160 e. The Balaban J connectivity index is 1.25. The molecule has 4 heterocycles. The predicted octanol–water partition coefficient (Wildman–Crippen LogP) is 3.12. The SMILES string of the molecule is c1ccc([C@H]2CCCN(CCn3ccnc3-c3cc4n(n3)CCCNC4)C2)cc1. The van der Waals surface area contributed by atoms with E-state index in [9.17, 15) is 0 Å². The Morgan fingerprint density at radius 1 is 1.07 bits per heavy atom. The fourth-order valence-corrected chi connectivity index (χ4v) is 4.70. The summed E-state index contributed by atoms with van der Waals surface area (Å²) in [6.45, 7) is 7.29. The van der Waals surface area contributed by atoms with E-state index in [1.807, 2.05) is 6.20 Å². The van der Waals surface area contributed by atoms with Crippen molar-refractivity contribution in [3.8, 4) is 11.5 Å². The van der Waals surface area contributed by atoms with Crippen LogP contribution in [-0.2, 0) is 19.6 Å². The van der Waals surface area contributed by atoms with Crippen LogP contribution >= 0.6 is 0 Å². The quantitative estimate of drug-likeness (QED) is 0.727. The van der Waals surface area contributed by atoms with E-state index in [1.165, 1.54) is 30.6 Å². The van der Waals surface area contributed by atoms with Gasteiger partial charge in [0, 0.05) is 45.1 Å². The third-order valence-corrected chi connectivity index (χ3v) is 6.27. The smallest absolute Gasteiger partial charge is 0.160 e. The molecule has 1 aromatic carbocycles. The van der Waals surface area contributed by atoms with Crippen LogP contribution in [0.4, 0.5) is 0 Å². The minimum absolute atomic E-state index is 0.656. The van der Waals surface area contributed by atoms with Crippen molar-refractivity contribution >= 4 is 0 Å². The first-order chi connectivity index (χ1) is 14.4. The van der Waals surface area contributed by atoms with E-state index >= 15 is 0 Å². The second kappa shape index (κ2) is 8.51. The molecule has 1 atom stereocenters. The van der Waals surface area contributed by atoms with Crippen molar-refractivity contribution in [1.29, 1.82) is 0 Å². The third-order valence-electron chi connectivity index (χ3n) is 6.27. The summed E-state index contributed by atoms with van der Waals surface area (Å²) in [5.41, 5.74) is 3.73. The molecule has 1 N–H and O–H groups in total. The Morgan fingerprint density at radius 3 is 2.93 bits per heavy atom. The van der Waals surface area contributed by atoms with E-state index in [-0.39, 0.29) is 0 Å². The predicted molar refractivity (Wildman–Crippen MR) is 115 cm³/mol. The van der Waals surface area contributed by atoms with Crippen molar-refractivity contribution in [2.75, 3.05) is 26.2 Å². The molecule has 2 aliphatic rings. The number of likely N-dealkylation sites (tertiary alicyclic amines) is 1. The summed E-state index contributed by atoms with van der Waals surface area (Å²) < 4.78 is 4.41. The van der Waals surface area contributed by atoms with Crippen molar-refractivity contribution in [2.45, 2.75) is 44.8 Å². The molecule has 1 saturated heterocycles. The largest absolute Gasteiger partial charge is 0.328 e. The number of piperidine rings is 1. The van der Waals surface area contributed by atoms with Crippen LogP contribution in [0.25, 0.3) is 11.5 Å². The molecule has 0 spiro atoms. The third kappa shape index (κ3) is 4.14. The number of nitrogens with zero attached hydrogens (tertiary/aromatic N) is 5. The molecule has 1 fully saturated rings. The van der Waals surface area contributed by atoms with E-state index < -0.39 is 0 Å². The fourth-order valence-electron chi connectivity index (χ4n) is 4.70. The van der Waals surface area contributed by atoms with E-state index in [0.717, 1.165) is 57.2 Å². The van der Waals surface area contributed by atoms with Gasteiger partial charge in [-0.2, -0.15) is 5.10 Å². The number of nitrogens with one attached hydrogen (secondary N) is 1. The van der Waals surface area contributed by atoms with Gasteiger partial charge in [0.05, 0.1) is 5.69 Å². The lowest BCUT2D eigenvalue weighted by Crippen LogP contribution is -2.36. The zero-order valence-corrected chi connectivity index (χ0v) is 17.0. The molecular formula is C23H30N6. The van der Waals surface area contributed by atoms with E-state index in [0.29, 0.717) is 5.92 Å². The standard InChI is InChI=1S/C23H30N6/c1-2-6-19(7-3-1)20-8-4-11-27(18-20)14-15-28-13-10-25-23(28)22-16-21-17-24-9-5-12-29(21)26-22/h1-3,6-7,10,13,16,20,24H,4-5,8-9,11-12,14-15,17-18H2/t20-/m0/s1. The summed E-state index contributed by atoms with van der Waals surface area (Å²) >= 11 is 0. The highest BCUT2D eigenvalue weighted by Gasteiger charge is 2.21. The van der Waals surface area contributed by atoms with Crippen LogP contribution in [0.2, 0.25) is 0 Å². The number of aryl methyl sites for hydroxylation is 1. The number of benzene rings is 1. The molecule has 0 aliphatic carbocycles. The van der Waals surface area contributed by atoms with Crippen molar-refractivity contribution in [3.63, 3.8) is 0 Å². The minimum Gasteiger partial charge on any atom is -0.328 e. The maximum atomic E-state index is 4.84. The molecule has 5 rings (SSSR count). The van der Waals surface area contributed by atoms with Gasteiger partial charge >= 0.3 is 0 Å². The molecule has 0 amide bonds. The fraction of sp³-hybridized carbons (Fsp3) is 0.478. The summed E-state index contributed by atoms with van der Waals surface area (Å²) in [7, 11) is 0.